The minimum Gasteiger partial charge on any atom is -0.481 e. The molecule has 3 aromatic carbocycles. The number of fused-ring (bicyclic) bond motifs is 2. The van der Waals surface area contributed by atoms with Gasteiger partial charge in [-0.2, -0.15) is 0 Å². The van der Waals surface area contributed by atoms with Crippen molar-refractivity contribution >= 4 is 49.9 Å². The van der Waals surface area contributed by atoms with Crippen molar-refractivity contribution in [3.8, 4) is 21.7 Å². The highest BCUT2D eigenvalue weighted by Gasteiger charge is 2.19. The molecule has 0 amide bonds. The average Bonchev–Trinajstić information content (AvgIpc) is 3.22. The summed E-state index contributed by atoms with van der Waals surface area (Å²) >= 11 is 7.68. The van der Waals surface area contributed by atoms with E-state index < -0.39 is 11.6 Å². The molecular formula is C29H27ClN2O3S. The largest absolute Gasteiger partial charge is 0.481 e. The number of hydrogen-bond acceptors (Lipinski definition) is 5. The number of thiazole rings is 1. The maximum atomic E-state index is 11.6. The van der Waals surface area contributed by atoms with Crippen molar-refractivity contribution in [2.75, 3.05) is 0 Å². The molecular weight excluding hydrogens is 492 g/mol. The topological polar surface area (TPSA) is 83.3 Å². The summed E-state index contributed by atoms with van der Waals surface area (Å²) in [6.45, 7) is 7.17. The summed E-state index contributed by atoms with van der Waals surface area (Å²) in [4.78, 5) is 20.7. The van der Waals surface area contributed by atoms with Crippen LogP contribution in [0.5, 0.6) is 0 Å². The molecule has 0 aliphatic heterocycles. The number of aliphatic carboxylic acids is 1. The smallest absolute Gasteiger partial charge is 0.307 e. The van der Waals surface area contributed by atoms with Gasteiger partial charge in [-0.1, -0.05) is 35.9 Å². The number of aryl methyl sites for hydroxylation is 1. The molecule has 0 bridgehead atoms. The van der Waals surface area contributed by atoms with Crippen molar-refractivity contribution in [3.05, 3.63) is 83.1 Å². The monoisotopic (exact) mass is 518 g/mol. The van der Waals surface area contributed by atoms with Gasteiger partial charge in [-0.05, 0) is 80.1 Å². The van der Waals surface area contributed by atoms with Crippen LogP contribution in [-0.4, -0.2) is 31.8 Å². The van der Waals surface area contributed by atoms with E-state index in [0.29, 0.717) is 5.02 Å². The number of aliphatic hydroxyl groups is 1. The van der Waals surface area contributed by atoms with Crippen LogP contribution in [0.1, 0.15) is 31.9 Å². The molecule has 0 aliphatic carbocycles. The van der Waals surface area contributed by atoms with Crippen LogP contribution in [0.3, 0.4) is 0 Å². The first-order valence-electron chi connectivity index (χ1n) is 11.5. The Kier molecular flexibility index (Phi) is 7.41. The van der Waals surface area contributed by atoms with Gasteiger partial charge in [-0.3, -0.25) is 9.78 Å². The minimum atomic E-state index is -0.856. The molecule has 36 heavy (non-hydrogen) atoms. The quantitative estimate of drug-likeness (QED) is 0.256. The van der Waals surface area contributed by atoms with E-state index in [4.69, 9.17) is 21.7 Å². The molecule has 5 aromatic rings. The molecule has 2 N–H and O–H groups in total. The highest BCUT2D eigenvalue weighted by molar-refractivity contribution is 7.22. The number of hydrogen-bond donors (Lipinski definition) is 2. The van der Waals surface area contributed by atoms with Gasteiger partial charge in [0.1, 0.15) is 5.01 Å². The van der Waals surface area contributed by atoms with Crippen LogP contribution in [0.2, 0.25) is 5.02 Å². The number of aromatic nitrogens is 2. The van der Waals surface area contributed by atoms with Gasteiger partial charge in [-0.15, -0.1) is 11.3 Å². The highest BCUT2D eigenvalue weighted by Crippen LogP contribution is 2.41. The lowest BCUT2D eigenvalue weighted by molar-refractivity contribution is -0.136. The van der Waals surface area contributed by atoms with E-state index in [1.165, 1.54) is 0 Å². The Hall–Kier alpha value is -3.32. The number of carboxylic acid groups (broad SMARTS) is 1. The van der Waals surface area contributed by atoms with E-state index >= 15 is 0 Å². The summed E-state index contributed by atoms with van der Waals surface area (Å²) in [5, 5.41) is 21.8. The first-order chi connectivity index (χ1) is 17.0. The Bertz CT molecular complexity index is 1550. The fourth-order valence-electron chi connectivity index (χ4n) is 3.88. The maximum Gasteiger partial charge on any atom is 0.307 e. The second-order valence-corrected chi connectivity index (χ2v) is 11.0. The third-order valence-corrected chi connectivity index (χ3v) is 6.75. The van der Waals surface area contributed by atoms with Crippen LogP contribution in [0, 0.1) is 6.92 Å². The molecule has 0 saturated carbocycles. The van der Waals surface area contributed by atoms with Gasteiger partial charge in [0.25, 0.3) is 0 Å². The molecule has 5 rings (SSSR count). The van der Waals surface area contributed by atoms with E-state index in [9.17, 15) is 9.90 Å². The van der Waals surface area contributed by atoms with E-state index in [0.717, 1.165) is 53.8 Å². The second kappa shape index (κ2) is 10.3. The summed E-state index contributed by atoms with van der Waals surface area (Å²) in [7, 11) is 0. The summed E-state index contributed by atoms with van der Waals surface area (Å²) in [5.41, 5.74) is 4.98. The van der Waals surface area contributed by atoms with Gasteiger partial charge in [0.15, 0.2) is 0 Å². The highest BCUT2D eigenvalue weighted by atomic mass is 35.5. The number of carbonyl (C=O) groups is 1. The fourth-order valence-corrected chi connectivity index (χ4v) is 5.14. The van der Waals surface area contributed by atoms with E-state index in [-0.39, 0.29) is 6.42 Å². The predicted molar refractivity (Wildman–Crippen MR) is 149 cm³/mol. The van der Waals surface area contributed by atoms with Gasteiger partial charge in [0.05, 0.1) is 22.2 Å². The normalized spacial score (nSPS) is 11.4. The van der Waals surface area contributed by atoms with Crippen LogP contribution in [-0.2, 0) is 11.2 Å². The molecule has 0 fully saturated rings. The summed E-state index contributed by atoms with van der Waals surface area (Å²) in [6.07, 6.45) is 3.58. The number of benzene rings is 3. The molecule has 184 valence electrons. The zero-order valence-corrected chi connectivity index (χ0v) is 22.1. The molecule has 0 radical (unpaired) electrons. The lowest BCUT2D eigenvalue weighted by atomic mass is 9.93. The number of nitrogens with zero attached hydrogens (tertiary/aromatic N) is 2. The molecule has 0 atom stereocenters. The van der Waals surface area contributed by atoms with Gasteiger partial charge in [-0.25, -0.2) is 4.98 Å². The number of pyridine rings is 1. The Balaban J connectivity index is 0.000000556. The maximum absolute atomic E-state index is 11.6. The predicted octanol–water partition coefficient (Wildman–Crippen LogP) is 7.54. The lowest BCUT2D eigenvalue weighted by Gasteiger charge is -2.13. The van der Waals surface area contributed by atoms with Crippen molar-refractivity contribution in [1.82, 2.24) is 9.97 Å². The second-order valence-electron chi connectivity index (χ2n) is 9.60. The third-order valence-electron chi connectivity index (χ3n) is 5.36. The van der Waals surface area contributed by atoms with Gasteiger partial charge in [0, 0.05) is 33.9 Å². The lowest BCUT2D eigenvalue weighted by Crippen LogP contribution is -2.10. The van der Waals surface area contributed by atoms with Crippen molar-refractivity contribution < 1.29 is 15.0 Å². The number of halogens is 1. The molecule has 7 heteroatoms. The summed E-state index contributed by atoms with van der Waals surface area (Å²) < 4.78 is 0.981. The molecule has 0 aliphatic rings. The number of rotatable bonds is 4. The molecule has 2 aromatic heterocycles. The SMILES string of the molecule is CC(C)(C)O.Cc1cc2nc(-c3ccc4cnccc4c3)sc2c(-c2ccc(Cl)cc2)c1CC(=O)O. The first-order valence-corrected chi connectivity index (χ1v) is 12.7. The average molecular weight is 519 g/mol. The van der Waals surface area contributed by atoms with Crippen LogP contribution < -0.4 is 0 Å². The zero-order valence-electron chi connectivity index (χ0n) is 20.5. The van der Waals surface area contributed by atoms with Gasteiger partial charge < -0.3 is 10.2 Å². The van der Waals surface area contributed by atoms with E-state index in [1.54, 1.807) is 38.3 Å². The Labute approximate surface area is 219 Å². The Morgan fingerprint density at radius 3 is 2.33 bits per heavy atom. The molecule has 2 heterocycles. The van der Waals surface area contributed by atoms with Crippen LogP contribution >= 0.6 is 22.9 Å². The van der Waals surface area contributed by atoms with Gasteiger partial charge >= 0.3 is 5.97 Å². The third kappa shape index (κ3) is 6.08. The zero-order chi connectivity index (χ0) is 26.0. The number of carboxylic acids is 1. The van der Waals surface area contributed by atoms with Crippen LogP contribution in [0.25, 0.3) is 42.7 Å². The Morgan fingerprint density at radius 1 is 1.00 bits per heavy atom. The van der Waals surface area contributed by atoms with Gasteiger partial charge in [0.2, 0.25) is 0 Å². The van der Waals surface area contributed by atoms with Crippen LogP contribution in [0.4, 0.5) is 0 Å². The molecule has 0 spiro atoms. The molecule has 0 unspecified atom stereocenters. The van der Waals surface area contributed by atoms with Crippen molar-refractivity contribution in [3.63, 3.8) is 0 Å². The van der Waals surface area contributed by atoms with E-state index in [1.807, 2.05) is 55.6 Å². The summed E-state index contributed by atoms with van der Waals surface area (Å²) in [5.74, 6) is -0.856. The first kappa shape index (κ1) is 25.8. The van der Waals surface area contributed by atoms with E-state index in [2.05, 4.69) is 17.1 Å². The van der Waals surface area contributed by atoms with Crippen LogP contribution in [0.15, 0.2) is 67.0 Å². The molecule has 5 nitrogen and oxygen atoms in total. The Morgan fingerprint density at radius 2 is 1.67 bits per heavy atom. The summed E-state index contributed by atoms with van der Waals surface area (Å²) in [6, 6.07) is 17.7. The fraction of sp³-hybridized carbons (Fsp3) is 0.207. The standard InChI is InChI=1S/C25H17ClN2O2S.C4H10O/c1-14-10-21-24(23(20(14)12-22(29)30)15-4-6-19(26)7-5-15)31-25(28-21)17-2-3-18-13-27-9-8-16(18)11-17;1-4(2,3)5/h2-11,13H,12H2,1H3,(H,29,30);5H,1-3H3. The minimum absolute atomic E-state index is 0.0457. The molecule has 0 saturated heterocycles. The van der Waals surface area contributed by atoms with Crippen molar-refractivity contribution in [1.29, 1.82) is 0 Å². The van der Waals surface area contributed by atoms with Crippen molar-refractivity contribution in [2.45, 2.75) is 39.7 Å². The van der Waals surface area contributed by atoms with Crippen molar-refractivity contribution in [2.24, 2.45) is 0 Å².